The van der Waals surface area contributed by atoms with Crippen LogP contribution in [-0.2, 0) is 4.79 Å². The Balaban J connectivity index is 1.46. The molecule has 2 N–H and O–H groups in total. The summed E-state index contributed by atoms with van der Waals surface area (Å²) in [6.45, 7) is 2.01. The van der Waals surface area contributed by atoms with Crippen molar-refractivity contribution in [2.45, 2.75) is 38.5 Å². The summed E-state index contributed by atoms with van der Waals surface area (Å²) in [6.07, 6.45) is 7.64. The van der Waals surface area contributed by atoms with E-state index >= 15 is 0 Å². The Morgan fingerprint density at radius 1 is 1.12 bits per heavy atom. The van der Waals surface area contributed by atoms with Crippen LogP contribution in [0.1, 0.15) is 53.2 Å². The lowest BCUT2D eigenvalue weighted by Crippen LogP contribution is -2.20. The molecule has 1 aliphatic rings. The number of anilines is 1. The molecule has 0 saturated heterocycles. The van der Waals surface area contributed by atoms with Crippen LogP contribution in [0.5, 0.6) is 0 Å². The van der Waals surface area contributed by atoms with E-state index < -0.39 is 5.97 Å². The van der Waals surface area contributed by atoms with Crippen LogP contribution in [0.2, 0.25) is 0 Å². The standard InChI is InChI=1S/C24H24N6O3/c1-15-3-9-18(10-4-15)30-21(13-20(28-30)16-5-7-17(8-6-16)24(32)33)27-23(31)19-14-26-29-12-2-11-25-22(19)29/h2-4,9-14,16-17H,5-8H2,1H3,(H,27,31)(H,32,33). The number of nitrogens with one attached hydrogen (secondary N) is 1. The number of benzene rings is 1. The quantitative estimate of drug-likeness (QED) is 0.483. The molecule has 1 amide bonds. The number of nitrogens with zero attached hydrogens (tertiary/aromatic N) is 5. The second-order valence-corrected chi connectivity index (χ2v) is 8.49. The number of amides is 1. The summed E-state index contributed by atoms with van der Waals surface area (Å²) in [7, 11) is 0. The highest BCUT2D eigenvalue weighted by Gasteiger charge is 2.29. The topological polar surface area (TPSA) is 114 Å². The molecule has 4 aromatic rings. The van der Waals surface area contributed by atoms with Gasteiger partial charge in [-0.05, 0) is 50.8 Å². The number of fused-ring (bicyclic) bond motifs is 1. The molecule has 9 heteroatoms. The number of aryl methyl sites for hydroxylation is 1. The van der Waals surface area contributed by atoms with Crippen molar-refractivity contribution in [3.05, 3.63) is 71.8 Å². The molecule has 0 aliphatic heterocycles. The third-order valence-corrected chi connectivity index (χ3v) is 6.27. The minimum atomic E-state index is -0.728. The van der Waals surface area contributed by atoms with Gasteiger partial charge in [0.1, 0.15) is 11.4 Å². The predicted molar refractivity (Wildman–Crippen MR) is 122 cm³/mol. The van der Waals surface area contributed by atoms with Crippen LogP contribution in [0.3, 0.4) is 0 Å². The molecule has 33 heavy (non-hydrogen) atoms. The Kier molecular flexibility index (Phi) is 5.37. The summed E-state index contributed by atoms with van der Waals surface area (Å²) in [6, 6.07) is 11.5. The number of carboxylic acid groups (broad SMARTS) is 1. The molecule has 0 radical (unpaired) electrons. The van der Waals surface area contributed by atoms with Crippen LogP contribution >= 0.6 is 0 Å². The van der Waals surface area contributed by atoms with Gasteiger partial charge >= 0.3 is 5.97 Å². The molecule has 3 heterocycles. The maximum Gasteiger partial charge on any atom is 0.306 e. The number of aliphatic carboxylic acids is 1. The van der Waals surface area contributed by atoms with Gasteiger partial charge in [-0.2, -0.15) is 10.2 Å². The summed E-state index contributed by atoms with van der Waals surface area (Å²) < 4.78 is 3.29. The van der Waals surface area contributed by atoms with Crippen LogP contribution in [0.15, 0.2) is 55.0 Å². The fourth-order valence-corrected chi connectivity index (χ4v) is 4.38. The van der Waals surface area contributed by atoms with Crippen molar-refractivity contribution < 1.29 is 14.7 Å². The predicted octanol–water partition coefficient (Wildman–Crippen LogP) is 3.83. The second kappa shape index (κ2) is 8.50. The minimum absolute atomic E-state index is 0.154. The lowest BCUT2D eigenvalue weighted by molar-refractivity contribution is -0.142. The van der Waals surface area contributed by atoms with E-state index in [9.17, 15) is 14.7 Å². The van der Waals surface area contributed by atoms with E-state index in [1.807, 2.05) is 37.3 Å². The number of carbonyl (C=O) groups excluding carboxylic acids is 1. The Hall–Kier alpha value is -4.01. The van der Waals surface area contributed by atoms with E-state index in [-0.39, 0.29) is 17.7 Å². The number of carbonyl (C=O) groups is 2. The first-order valence-electron chi connectivity index (χ1n) is 11.0. The average Bonchev–Trinajstić information content (AvgIpc) is 3.44. The Labute approximate surface area is 190 Å². The fourth-order valence-electron chi connectivity index (χ4n) is 4.38. The molecule has 1 fully saturated rings. The smallest absolute Gasteiger partial charge is 0.306 e. The number of carboxylic acids is 1. The Morgan fingerprint density at radius 2 is 1.88 bits per heavy atom. The summed E-state index contributed by atoms with van der Waals surface area (Å²) in [5.74, 6) is -0.634. The molecule has 0 bridgehead atoms. The van der Waals surface area contributed by atoms with Crippen molar-refractivity contribution >= 4 is 23.3 Å². The number of hydrogen-bond acceptors (Lipinski definition) is 5. The van der Waals surface area contributed by atoms with Gasteiger partial charge in [-0.1, -0.05) is 17.7 Å². The number of aromatic nitrogens is 5. The maximum atomic E-state index is 13.1. The van der Waals surface area contributed by atoms with Gasteiger partial charge in [-0.3, -0.25) is 9.59 Å². The van der Waals surface area contributed by atoms with E-state index in [4.69, 9.17) is 5.10 Å². The largest absolute Gasteiger partial charge is 0.481 e. The van der Waals surface area contributed by atoms with Crippen LogP contribution in [0, 0.1) is 12.8 Å². The first kappa shape index (κ1) is 20.9. The second-order valence-electron chi connectivity index (χ2n) is 8.49. The SMILES string of the molecule is Cc1ccc(-n2nc(C3CCC(C(=O)O)CC3)cc2NC(=O)c2cnn3cccnc23)cc1. The van der Waals surface area contributed by atoms with Gasteiger partial charge in [0.05, 0.1) is 23.5 Å². The van der Waals surface area contributed by atoms with Crippen molar-refractivity contribution in [2.75, 3.05) is 5.32 Å². The summed E-state index contributed by atoms with van der Waals surface area (Å²) in [5, 5.41) is 21.3. The van der Waals surface area contributed by atoms with Gasteiger partial charge in [0.2, 0.25) is 0 Å². The first-order valence-corrected chi connectivity index (χ1v) is 11.0. The summed E-state index contributed by atoms with van der Waals surface area (Å²) in [4.78, 5) is 28.7. The highest BCUT2D eigenvalue weighted by molar-refractivity contribution is 6.07. The third-order valence-electron chi connectivity index (χ3n) is 6.27. The van der Waals surface area contributed by atoms with Crippen LogP contribution in [0.4, 0.5) is 5.82 Å². The first-order chi connectivity index (χ1) is 16.0. The number of hydrogen-bond donors (Lipinski definition) is 2. The van der Waals surface area contributed by atoms with E-state index in [0.29, 0.717) is 29.9 Å². The number of rotatable bonds is 5. The Bertz CT molecular complexity index is 1320. The third kappa shape index (κ3) is 4.09. The molecule has 0 spiro atoms. The van der Waals surface area contributed by atoms with Crippen molar-refractivity contribution in [2.24, 2.45) is 5.92 Å². The highest BCUT2D eigenvalue weighted by Crippen LogP contribution is 2.36. The lowest BCUT2D eigenvalue weighted by Gasteiger charge is -2.24. The zero-order chi connectivity index (χ0) is 22.9. The van der Waals surface area contributed by atoms with Gasteiger partial charge in [0.15, 0.2) is 5.65 Å². The molecule has 1 aromatic carbocycles. The molecule has 0 atom stereocenters. The monoisotopic (exact) mass is 444 g/mol. The van der Waals surface area contributed by atoms with Crippen molar-refractivity contribution in [1.82, 2.24) is 24.4 Å². The average molecular weight is 444 g/mol. The molecule has 1 aliphatic carbocycles. The van der Waals surface area contributed by atoms with Crippen molar-refractivity contribution in [3.8, 4) is 5.69 Å². The lowest BCUT2D eigenvalue weighted by atomic mass is 9.80. The van der Waals surface area contributed by atoms with Gasteiger partial charge in [-0.15, -0.1) is 0 Å². The molecular formula is C24H24N6O3. The van der Waals surface area contributed by atoms with E-state index in [1.165, 1.54) is 6.20 Å². The van der Waals surface area contributed by atoms with E-state index in [2.05, 4.69) is 15.4 Å². The zero-order valence-corrected chi connectivity index (χ0v) is 18.2. The normalized spacial score (nSPS) is 18.3. The molecule has 168 valence electrons. The van der Waals surface area contributed by atoms with Crippen LogP contribution in [0.25, 0.3) is 11.3 Å². The van der Waals surface area contributed by atoms with Crippen molar-refractivity contribution in [1.29, 1.82) is 0 Å². The molecule has 3 aromatic heterocycles. The van der Waals surface area contributed by atoms with Crippen molar-refractivity contribution in [3.63, 3.8) is 0 Å². The molecule has 1 saturated carbocycles. The Morgan fingerprint density at radius 3 is 2.61 bits per heavy atom. The zero-order valence-electron chi connectivity index (χ0n) is 18.2. The van der Waals surface area contributed by atoms with Gasteiger partial charge in [0, 0.05) is 24.4 Å². The van der Waals surface area contributed by atoms with E-state index in [0.717, 1.165) is 29.8 Å². The molecule has 5 rings (SSSR count). The fraction of sp³-hybridized carbons (Fsp3) is 0.292. The molecular weight excluding hydrogens is 420 g/mol. The summed E-state index contributed by atoms with van der Waals surface area (Å²) >= 11 is 0. The minimum Gasteiger partial charge on any atom is -0.481 e. The summed E-state index contributed by atoms with van der Waals surface area (Å²) in [5.41, 5.74) is 3.66. The van der Waals surface area contributed by atoms with Gasteiger partial charge in [-0.25, -0.2) is 14.2 Å². The van der Waals surface area contributed by atoms with Crippen LogP contribution < -0.4 is 5.32 Å². The molecule has 0 unspecified atom stereocenters. The van der Waals surface area contributed by atoms with E-state index in [1.54, 1.807) is 27.7 Å². The molecule has 9 nitrogen and oxygen atoms in total. The van der Waals surface area contributed by atoms with Gasteiger partial charge in [0.25, 0.3) is 5.91 Å². The van der Waals surface area contributed by atoms with Crippen LogP contribution in [-0.4, -0.2) is 41.4 Å². The maximum absolute atomic E-state index is 13.1. The highest BCUT2D eigenvalue weighted by atomic mass is 16.4. The van der Waals surface area contributed by atoms with Gasteiger partial charge < -0.3 is 10.4 Å².